The number of Topliss-reactive ketones (excluding diaryl/α,β-unsaturated/α-hetero) is 1. The van der Waals surface area contributed by atoms with E-state index in [4.69, 9.17) is 0 Å². The van der Waals surface area contributed by atoms with Gasteiger partial charge in [-0.1, -0.05) is 36.4 Å². The molecule has 1 aliphatic heterocycles. The van der Waals surface area contributed by atoms with Gasteiger partial charge in [0.2, 0.25) is 0 Å². The zero-order chi connectivity index (χ0) is 14.3. The number of carbonyl (C=O) groups excluding carboxylic acids is 2. The first-order chi connectivity index (χ1) is 9.49. The lowest BCUT2D eigenvalue weighted by atomic mass is 9.99. The number of amides is 1. The molecule has 20 heavy (non-hydrogen) atoms. The third-order valence-corrected chi connectivity index (χ3v) is 3.96. The molecule has 3 rings (SSSR count). The van der Waals surface area contributed by atoms with E-state index >= 15 is 0 Å². The van der Waals surface area contributed by atoms with Crippen molar-refractivity contribution in [2.45, 2.75) is 25.8 Å². The summed E-state index contributed by atoms with van der Waals surface area (Å²) in [6.07, 6.45) is 0.434. The Hall–Kier alpha value is -2.16. The molecule has 0 spiro atoms. The number of fused-ring (bicyclic) bond motifs is 1. The minimum absolute atomic E-state index is 0.0577. The van der Waals surface area contributed by atoms with Gasteiger partial charge < -0.3 is 4.90 Å². The molecule has 0 N–H and O–H groups in total. The second kappa shape index (κ2) is 4.44. The largest absolute Gasteiger partial charge is 0.326 e. The van der Waals surface area contributed by atoms with Gasteiger partial charge in [-0.3, -0.25) is 9.59 Å². The predicted octanol–water partition coefficient (Wildman–Crippen LogP) is 3.03. The molecular formula is C17H17NO2. The minimum Gasteiger partial charge on any atom is -0.326 e. The lowest BCUT2D eigenvalue weighted by Crippen LogP contribution is -2.42. The van der Waals surface area contributed by atoms with E-state index < -0.39 is 5.54 Å². The first kappa shape index (κ1) is 12.9. The quantitative estimate of drug-likeness (QED) is 0.796. The standard InChI is InChI=1S/C17H17NO2/c1-17(2)10-13(19)11-18(17)16(20)15-9-5-7-12-6-3-4-8-14(12)15/h3-9H,10-11H2,1-2H3. The number of hydrogen-bond acceptors (Lipinski definition) is 2. The highest BCUT2D eigenvalue weighted by atomic mass is 16.2. The maximum absolute atomic E-state index is 12.8. The molecule has 0 saturated carbocycles. The Labute approximate surface area is 118 Å². The number of likely N-dealkylation sites (tertiary alicyclic amines) is 1. The normalized spacial score (nSPS) is 17.7. The number of benzene rings is 2. The molecule has 2 aromatic rings. The SMILES string of the molecule is CC1(C)CC(=O)CN1C(=O)c1cccc2ccccc12. The first-order valence-electron chi connectivity index (χ1n) is 6.80. The van der Waals surface area contributed by atoms with Crippen LogP contribution in [0, 0.1) is 0 Å². The van der Waals surface area contributed by atoms with E-state index in [1.165, 1.54) is 0 Å². The number of ketones is 1. The maximum atomic E-state index is 12.8. The molecule has 3 heteroatoms. The van der Waals surface area contributed by atoms with Gasteiger partial charge in [-0.15, -0.1) is 0 Å². The zero-order valence-electron chi connectivity index (χ0n) is 11.7. The summed E-state index contributed by atoms with van der Waals surface area (Å²) >= 11 is 0. The lowest BCUT2D eigenvalue weighted by molar-refractivity contribution is -0.116. The van der Waals surface area contributed by atoms with Gasteiger partial charge in [-0.2, -0.15) is 0 Å². The second-order valence-corrected chi connectivity index (χ2v) is 5.95. The number of nitrogens with zero attached hydrogens (tertiary/aromatic N) is 1. The number of carbonyl (C=O) groups is 2. The van der Waals surface area contributed by atoms with Crippen LogP contribution >= 0.6 is 0 Å². The molecule has 2 aromatic carbocycles. The van der Waals surface area contributed by atoms with E-state index in [0.29, 0.717) is 12.0 Å². The summed E-state index contributed by atoms with van der Waals surface area (Å²) in [7, 11) is 0. The molecule has 0 unspecified atom stereocenters. The molecule has 1 heterocycles. The van der Waals surface area contributed by atoms with Crippen LogP contribution in [0.25, 0.3) is 10.8 Å². The van der Waals surface area contributed by atoms with Crippen LogP contribution < -0.4 is 0 Å². The average molecular weight is 267 g/mol. The number of rotatable bonds is 1. The summed E-state index contributed by atoms with van der Waals surface area (Å²) < 4.78 is 0. The van der Waals surface area contributed by atoms with E-state index in [0.717, 1.165) is 10.8 Å². The fourth-order valence-corrected chi connectivity index (χ4v) is 2.93. The van der Waals surface area contributed by atoms with Gasteiger partial charge in [0.1, 0.15) is 0 Å². The molecule has 0 bridgehead atoms. The monoisotopic (exact) mass is 267 g/mol. The molecule has 0 atom stereocenters. The Morgan fingerprint density at radius 2 is 1.80 bits per heavy atom. The van der Waals surface area contributed by atoms with E-state index in [1.807, 2.05) is 56.3 Å². The van der Waals surface area contributed by atoms with Crippen LogP contribution in [0.15, 0.2) is 42.5 Å². The van der Waals surface area contributed by atoms with Crippen molar-refractivity contribution in [1.82, 2.24) is 4.90 Å². The van der Waals surface area contributed by atoms with Crippen LogP contribution in [0.2, 0.25) is 0 Å². The van der Waals surface area contributed by atoms with E-state index in [-0.39, 0.29) is 18.2 Å². The fourth-order valence-electron chi connectivity index (χ4n) is 2.93. The van der Waals surface area contributed by atoms with Gasteiger partial charge in [0.25, 0.3) is 5.91 Å². The van der Waals surface area contributed by atoms with Gasteiger partial charge in [0.15, 0.2) is 5.78 Å². The average Bonchev–Trinajstić information content (AvgIpc) is 2.70. The first-order valence-corrected chi connectivity index (χ1v) is 6.80. The molecule has 3 nitrogen and oxygen atoms in total. The lowest BCUT2D eigenvalue weighted by Gasteiger charge is -2.31. The highest BCUT2D eigenvalue weighted by molar-refractivity contribution is 6.09. The van der Waals surface area contributed by atoms with Crippen LogP contribution in [0.3, 0.4) is 0 Å². The third-order valence-electron chi connectivity index (χ3n) is 3.96. The van der Waals surface area contributed by atoms with E-state index in [9.17, 15) is 9.59 Å². The summed E-state index contributed by atoms with van der Waals surface area (Å²) in [5.41, 5.74) is 0.274. The van der Waals surface area contributed by atoms with E-state index in [2.05, 4.69) is 0 Å². The Bertz CT molecular complexity index is 698. The maximum Gasteiger partial charge on any atom is 0.255 e. The summed E-state index contributed by atoms with van der Waals surface area (Å²) in [6.45, 7) is 4.11. The summed E-state index contributed by atoms with van der Waals surface area (Å²) in [5.74, 6) is 0.0706. The Kier molecular flexibility index (Phi) is 2.85. The van der Waals surface area contributed by atoms with Crippen LogP contribution in [-0.4, -0.2) is 28.7 Å². The minimum atomic E-state index is -0.398. The summed E-state index contributed by atoms with van der Waals surface area (Å²) in [4.78, 5) is 26.2. The van der Waals surface area contributed by atoms with Crippen molar-refractivity contribution in [3.63, 3.8) is 0 Å². The van der Waals surface area contributed by atoms with Gasteiger partial charge in [0, 0.05) is 17.5 Å². The fraction of sp³-hybridized carbons (Fsp3) is 0.294. The Morgan fingerprint density at radius 3 is 2.50 bits per heavy atom. The smallest absolute Gasteiger partial charge is 0.255 e. The van der Waals surface area contributed by atoms with Gasteiger partial charge in [-0.25, -0.2) is 0 Å². The zero-order valence-corrected chi connectivity index (χ0v) is 11.7. The third kappa shape index (κ3) is 1.99. The summed E-state index contributed by atoms with van der Waals surface area (Å²) in [5, 5.41) is 1.98. The molecule has 0 aliphatic carbocycles. The summed E-state index contributed by atoms with van der Waals surface area (Å²) in [6, 6.07) is 13.6. The van der Waals surface area contributed by atoms with Crippen molar-refractivity contribution < 1.29 is 9.59 Å². The van der Waals surface area contributed by atoms with Crippen LogP contribution in [0.1, 0.15) is 30.6 Å². The molecule has 1 fully saturated rings. The molecule has 0 aromatic heterocycles. The highest BCUT2D eigenvalue weighted by Gasteiger charge is 2.40. The Balaban J connectivity index is 2.08. The predicted molar refractivity (Wildman–Crippen MR) is 78.7 cm³/mol. The molecule has 1 amide bonds. The van der Waals surface area contributed by atoms with Gasteiger partial charge in [0.05, 0.1) is 6.54 Å². The van der Waals surface area contributed by atoms with E-state index in [1.54, 1.807) is 4.90 Å². The topological polar surface area (TPSA) is 37.4 Å². The van der Waals surface area contributed by atoms with Crippen molar-refractivity contribution in [2.24, 2.45) is 0 Å². The van der Waals surface area contributed by atoms with Crippen molar-refractivity contribution in [1.29, 1.82) is 0 Å². The van der Waals surface area contributed by atoms with Crippen molar-refractivity contribution in [2.75, 3.05) is 6.54 Å². The van der Waals surface area contributed by atoms with Crippen molar-refractivity contribution in [3.8, 4) is 0 Å². The van der Waals surface area contributed by atoms with Crippen LogP contribution in [-0.2, 0) is 4.79 Å². The number of hydrogen-bond donors (Lipinski definition) is 0. The molecule has 1 aliphatic rings. The highest BCUT2D eigenvalue weighted by Crippen LogP contribution is 2.29. The Morgan fingerprint density at radius 1 is 1.10 bits per heavy atom. The van der Waals surface area contributed by atoms with Gasteiger partial charge in [-0.05, 0) is 30.7 Å². The second-order valence-electron chi connectivity index (χ2n) is 5.95. The van der Waals surface area contributed by atoms with Crippen LogP contribution in [0.5, 0.6) is 0 Å². The molecular weight excluding hydrogens is 250 g/mol. The van der Waals surface area contributed by atoms with Crippen LogP contribution in [0.4, 0.5) is 0 Å². The molecule has 1 saturated heterocycles. The van der Waals surface area contributed by atoms with Gasteiger partial charge >= 0.3 is 0 Å². The van der Waals surface area contributed by atoms with Crippen molar-refractivity contribution >= 4 is 22.5 Å². The molecule has 0 radical (unpaired) electrons. The van der Waals surface area contributed by atoms with Crippen molar-refractivity contribution in [3.05, 3.63) is 48.0 Å². The molecule has 102 valence electrons.